The van der Waals surface area contributed by atoms with Crippen LogP contribution in [0.15, 0.2) is 18.2 Å². The monoisotopic (exact) mass is 259 g/mol. The van der Waals surface area contributed by atoms with Crippen molar-refractivity contribution in [1.29, 1.82) is 0 Å². The van der Waals surface area contributed by atoms with Gasteiger partial charge in [0.1, 0.15) is 5.82 Å². The first-order valence-electron chi connectivity index (χ1n) is 4.85. The number of nitrogens with zero attached hydrogens (tertiary/aromatic N) is 2. The van der Waals surface area contributed by atoms with Crippen molar-refractivity contribution in [1.82, 2.24) is 9.61 Å². The molecule has 5 nitrogen and oxygen atoms in total. The summed E-state index contributed by atoms with van der Waals surface area (Å²) in [5.41, 5.74) is -1.48. The van der Waals surface area contributed by atoms with Gasteiger partial charge in [-0.3, -0.25) is 0 Å². The van der Waals surface area contributed by atoms with E-state index >= 15 is 0 Å². The first kappa shape index (κ1) is 12.2. The van der Waals surface area contributed by atoms with Gasteiger partial charge in [-0.15, -0.1) is 0 Å². The van der Waals surface area contributed by atoms with Gasteiger partial charge in [0.25, 0.3) is 0 Å². The lowest BCUT2D eigenvalue weighted by Gasteiger charge is -2.05. The van der Waals surface area contributed by atoms with Crippen LogP contribution in [0.3, 0.4) is 0 Å². The van der Waals surface area contributed by atoms with E-state index in [0.29, 0.717) is 6.07 Å². The number of pyridine rings is 1. The molecule has 0 aliphatic heterocycles. The van der Waals surface area contributed by atoms with Crippen molar-refractivity contribution in [2.45, 2.75) is 6.18 Å². The lowest BCUT2D eigenvalue weighted by Crippen LogP contribution is -2.07. The highest BCUT2D eigenvalue weighted by atomic mass is 19.4. The predicted octanol–water partition coefficient (Wildman–Crippen LogP) is 2.09. The zero-order valence-corrected chi connectivity index (χ0v) is 9.12. The molecule has 0 bridgehead atoms. The second-order valence-corrected chi connectivity index (χ2v) is 3.51. The lowest BCUT2D eigenvalue weighted by molar-refractivity contribution is -0.141. The van der Waals surface area contributed by atoms with Crippen LogP contribution in [0.4, 0.5) is 19.0 Å². The number of aromatic nitrogens is 2. The number of alkyl halides is 3. The predicted molar refractivity (Wildman–Crippen MR) is 56.7 cm³/mol. The molecule has 0 atom stereocenters. The second kappa shape index (κ2) is 3.90. The molecule has 2 N–H and O–H groups in total. The van der Waals surface area contributed by atoms with Gasteiger partial charge in [-0.1, -0.05) is 0 Å². The maximum Gasteiger partial charge on any atom is 0.435 e. The highest BCUT2D eigenvalue weighted by molar-refractivity contribution is 5.96. The number of rotatable bonds is 2. The van der Waals surface area contributed by atoms with Crippen LogP contribution >= 0.6 is 0 Å². The number of hydrogen-bond acceptors (Lipinski definition) is 3. The van der Waals surface area contributed by atoms with Gasteiger partial charge >= 0.3 is 12.1 Å². The number of anilines is 1. The van der Waals surface area contributed by atoms with Gasteiger partial charge in [0, 0.05) is 7.05 Å². The third-order valence-electron chi connectivity index (χ3n) is 2.40. The van der Waals surface area contributed by atoms with E-state index in [4.69, 9.17) is 5.11 Å². The molecule has 0 aliphatic rings. The number of carbonyl (C=O) groups is 1. The summed E-state index contributed by atoms with van der Waals surface area (Å²) >= 11 is 0. The summed E-state index contributed by atoms with van der Waals surface area (Å²) in [4.78, 5) is 10.9. The molecular formula is C10H8F3N3O2. The van der Waals surface area contributed by atoms with Gasteiger partial charge in [0.2, 0.25) is 0 Å². The van der Waals surface area contributed by atoms with E-state index < -0.39 is 17.8 Å². The first-order chi connectivity index (χ1) is 8.34. The minimum atomic E-state index is -4.62. The van der Waals surface area contributed by atoms with E-state index in [1.165, 1.54) is 19.2 Å². The van der Waals surface area contributed by atoms with E-state index in [2.05, 4.69) is 10.4 Å². The van der Waals surface area contributed by atoms with Crippen molar-refractivity contribution in [3.8, 4) is 0 Å². The smallest absolute Gasteiger partial charge is 0.435 e. The lowest BCUT2D eigenvalue weighted by atomic mass is 10.2. The van der Waals surface area contributed by atoms with E-state index in [1.54, 1.807) is 0 Å². The highest BCUT2D eigenvalue weighted by Crippen LogP contribution is 2.30. The Labute approximate surface area is 98.8 Å². The molecule has 2 aromatic heterocycles. The number of hydrogen-bond donors (Lipinski definition) is 2. The summed E-state index contributed by atoms with van der Waals surface area (Å²) in [6.45, 7) is 0. The Balaban J connectivity index is 2.78. The fourth-order valence-electron chi connectivity index (χ4n) is 1.58. The maximum absolute atomic E-state index is 12.6. The van der Waals surface area contributed by atoms with Crippen LogP contribution in [-0.2, 0) is 6.18 Å². The van der Waals surface area contributed by atoms with Gasteiger partial charge in [0.05, 0.1) is 11.1 Å². The molecule has 0 saturated heterocycles. The van der Waals surface area contributed by atoms with Crippen molar-refractivity contribution in [3.05, 3.63) is 29.5 Å². The summed E-state index contributed by atoms with van der Waals surface area (Å²) < 4.78 is 38.6. The average Bonchev–Trinajstić information content (AvgIpc) is 2.71. The molecular weight excluding hydrogens is 251 g/mol. The molecule has 0 unspecified atom stereocenters. The van der Waals surface area contributed by atoms with Gasteiger partial charge < -0.3 is 10.4 Å². The number of carboxylic acid groups (broad SMARTS) is 1. The largest absolute Gasteiger partial charge is 0.478 e. The Bertz CT molecular complexity index is 619. The van der Waals surface area contributed by atoms with E-state index in [-0.39, 0.29) is 16.9 Å². The maximum atomic E-state index is 12.6. The number of halogens is 3. The Kier molecular flexibility index (Phi) is 2.64. The van der Waals surface area contributed by atoms with Crippen molar-refractivity contribution < 1.29 is 23.1 Å². The number of fused-ring (bicyclic) bond motifs is 1. The van der Waals surface area contributed by atoms with Crippen LogP contribution in [0.2, 0.25) is 0 Å². The van der Waals surface area contributed by atoms with Gasteiger partial charge in [-0.05, 0) is 18.2 Å². The molecule has 2 heterocycles. The molecule has 0 amide bonds. The fourth-order valence-corrected chi connectivity index (χ4v) is 1.58. The van der Waals surface area contributed by atoms with Gasteiger partial charge in [-0.25, -0.2) is 9.31 Å². The molecule has 0 saturated carbocycles. The van der Waals surface area contributed by atoms with Gasteiger partial charge in [-0.2, -0.15) is 18.3 Å². The molecule has 0 aliphatic carbocycles. The normalized spacial score (nSPS) is 11.8. The third kappa shape index (κ3) is 1.85. The standard InChI is InChI=1S/C10H8F3N3O2/c1-14-8-3-2-5(9(17)18)6-4-7(10(11,12)13)15-16(6)8/h2-4,14H,1H3,(H,17,18). The highest BCUT2D eigenvalue weighted by Gasteiger charge is 2.35. The third-order valence-corrected chi connectivity index (χ3v) is 2.40. The van der Waals surface area contributed by atoms with Crippen molar-refractivity contribution >= 4 is 17.3 Å². The number of carboxylic acids is 1. The van der Waals surface area contributed by atoms with Crippen LogP contribution in [0, 0.1) is 0 Å². The van der Waals surface area contributed by atoms with E-state index in [1.807, 2.05) is 0 Å². The van der Waals surface area contributed by atoms with Crippen LogP contribution in [0.1, 0.15) is 16.1 Å². The Morgan fingerprint density at radius 1 is 1.44 bits per heavy atom. The quantitative estimate of drug-likeness (QED) is 0.866. The van der Waals surface area contributed by atoms with Crippen LogP contribution in [-0.4, -0.2) is 27.7 Å². The molecule has 8 heteroatoms. The molecule has 96 valence electrons. The Hall–Kier alpha value is -2.25. The zero-order chi connectivity index (χ0) is 13.5. The van der Waals surface area contributed by atoms with E-state index in [9.17, 15) is 18.0 Å². The van der Waals surface area contributed by atoms with Crippen LogP contribution < -0.4 is 5.32 Å². The summed E-state index contributed by atoms with van der Waals surface area (Å²) in [6, 6.07) is 3.29. The second-order valence-electron chi connectivity index (χ2n) is 3.51. The minimum Gasteiger partial charge on any atom is -0.478 e. The molecule has 0 radical (unpaired) electrons. The summed E-state index contributed by atoms with van der Waals surface area (Å²) in [7, 11) is 1.50. The molecule has 0 fully saturated rings. The zero-order valence-electron chi connectivity index (χ0n) is 9.12. The van der Waals surface area contributed by atoms with Crippen molar-refractivity contribution in [3.63, 3.8) is 0 Å². The van der Waals surface area contributed by atoms with Crippen LogP contribution in [0.5, 0.6) is 0 Å². The SMILES string of the molecule is CNc1ccc(C(=O)O)c2cc(C(F)(F)F)nn12. The molecule has 2 rings (SSSR count). The Morgan fingerprint density at radius 3 is 2.61 bits per heavy atom. The number of nitrogens with one attached hydrogen (secondary N) is 1. The van der Waals surface area contributed by atoms with Crippen molar-refractivity contribution in [2.24, 2.45) is 0 Å². The minimum absolute atomic E-state index is 0.110. The Morgan fingerprint density at radius 2 is 2.11 bits per heavy atom. The molecule has 18 heavy (non-hydrogen) atoms. The van der Waals surface area contributed by atoms with Crippen LogP contribution in [0.25, 0.3) is 5.52 Å². The van der Waals surface area contributed by atoms with Crippen molar-refractivity contribution in [2.75, 3.05) is 12.4 Å². The summed E-state index contributed by atoms with van der Waals surface area (Å²) in [5.74, 6) is -1.04. The molecule has 2 aromatic rings. The first-order valence-corrected chi connectivity index (χ1v) is 4.85. The number of aromatic carboxylic acids is 1. The summed E-state index contributed by atoms with van der Waals surface area (Å²) in [5, 5.41) is 14.9. The summed E-state index contributed by atoms with van der Waals surface area (Å²) in [6.07, 6.45) is -4.62. The fraction of sp³-hybridized carbons (Fsp3) is 0.200. The van der Waals surface area contributed by atoms with E-state index in [0.717, 1.165) is 4.52 Å². The molecule has 0 spiro atoms. The molecule has 0 aromatic carbocycles. The van der Waals surface area contributed by atoms with Gasteiger partial charge in [0.15, 0.2) is 5.69 Å². The average molecular weight is 259 g/mol. The topological polar surface area (TPSA) is 66.6 Å².